The van der Waals surface area contributed by atoms with Crippen LogP contribution < -0.4 is 0 Å². The molecular weight excluding hydrogens is 310 g/mol. The van der Waals surface area contributed by atoms with Crippen molar-refractivity contribution in [1.29, 1.82) is 0 Å². The third-order valence-electron chi connectivity index (χ3n) is 3.55. The zero-order valence-corrected chi connectivity index (χ0v) is 13.4. The zero-order valence-electron chi connectivity index (χ0n) is 11.8. The second kappa shape index (κ2) is 6.81. The molecule has 0 aliphatic carbocycles. The normalized spacial score (nSPS) is 21.9. The number of aliphatic carboxylic acids is 1. The van der Waals surface area contributed by atoms with E-state index >= 15 is 0 Å². The first-order chi connectivity index (χ1) is 9.92. The SMILES string of the molecule is CC(CS(=O)(=O)N1CCSCC1C(=O)O)c1ccccc1. The molecule has 0 saturated carbocycles. The predicted molar refractivity (Wildman–Crippen MR) is 84.1 cm³/mol. The minimum Gasteiger partial charge on any atom is -0.480 e. The molecule has 7 heteroatoms. The molecule has 0 bridgehead atoms. The number of rotatable bonds is 5. The van der Waals surface area contributed by atoms with Crippen molar-refractivity contribution in [2.75, 3.05) is 23.8 Å². The van der Waals surface area contributed by atoms with Gasteiger partial charge in [-0.25, -0.2) is 8.42 Å². The van der Waals surface area contributed by atoms with Crippen molar-refractivity contribution in [2.24, 2.45) is 0 Å². The molecule has 0 spiro atoms. The van der Waals surface area contributed by atoms with Crippen molar-refractivity contribution >= 4 is 27.8 Å². The number of sulfonamides is 1. The van der Waals surface area contributed by atoms with Gasteiger partial charge in [-0.3, -0.25) is 4.79 Å². The lowest BCUT2D eigenvalue weighted by Gasteiger charge is -2.32. The van der Waals surface area contributed by atoms with Gasteiger partial charge in [0.1, 0.15) is 6.04 Å². The molecule has 1 aliphatic rings. The maximum Gasteiger partial charge on any atom is 0.322 e. The lowest BCUT2D eigenvalue weighted by Crippen LogP contribution is -2.51. The van der Waals surface area contributed by atoms with Gasteiger partial charge in [-0.15, -0.1) is 0 Å². The van der Waals surface area contributed by atoms with Crippen LogP contribution in [0.3, 0.4) is 0 Å². The summed E-state index contributed by atoms with van der Waals surface area (Å²) in [5.41, 5.74) is 0.944. The summed E-state index contributed by atoms with van der Waals surface area (Å²) < 4.78 is 26.2. The third-order valence-corrected chi connectivity index (χ3v) is 6.65. The average molecular weight is 329 g/mol. The van der Waals surface area contributed by atoms with Crippen LogP contribution in [0.5, 0.6) is 0 Å². The first-order valence-corrected chi connectivity index (χ1v) is 9.53. The van der Waals surface area contributed by atoms with Crippen molar-refractivity contribution in [2.45, 2.75) is 18.9 Å². The minimum absolute atomic E-state index is 0.0640. The Labute approximate surface area is 129 Å². The number of benzene rings is 1. The van der Waals surface area contributed by atoms with Crippen LogP contribution in [0.25, 0.3) is 0 Å². The number of carboxylic acids is 1. The van der Waals surface area contributed by atoms with Gasteiger partial charge < -0.3 is 5.11 Å². The van der Waals surface area contributed by atoms with E-state index in [0.29, 0.717) is 11.5 Å². The van der Waals surface area contributed by atoms with E-state index in [9.17, 15) is 18.3 Å². The van der Waals surface area contributed by atoms with Crippen molar-refractivity contribution in [3.8, 4) is 0 Å². The van der Waals surface area contributed by atoms with Crippen molar-refractivity contribution in [3.05, 3.63) is 35.9 Å². The Morgan fingerprint density at radius 3 is 2.71 bits per heavy atom. The van der Waals surface area contributed by atoms with Gasteiger partial charge in [0.15, 0.2) is 0 Å². The van der Waals surface area contributed by atoms with Crippen molar-refractivity contribution in [3.63, 3.8) is 0 Å². The minimum atomic E-state index is -3.59. The molecule has 1 aromatic carbocycles. The van der Waals surface area contributed by atoms with Crippen molar-refractivity contribution in [1.82, 2.24) is 4.31 Å². The van der Waals surface area contributed by atoms with Crippen LogP contribution in [0.2, 0.25) is 0 Å². The van der Waals surface area contributed by atoms with Gasteiger partial charge in [-0.1, -0.05) is 37.3 Å². The summed E-state index contributed by atoms with van der Waals surface area (Å²) in [5, 5.41) is 9.20. The molecule has 0 aromatic heterocycles. The lowest BCUT2D eigenvalue weighted by molar-refractivity contribution is -0.140. The standard InChI is InChI=1S/C14H19NO4S2/c1-11(12-5-3-2-4-6-12)10-21(18,19)15-7-8-20-9-13(15)14(16)17/h2-6,11,13H,7-10H2,1H3,(H,16,17). The molecule has 1 aromatic rings. The first-order valence-electron chi connectivity index (χ1n) is 6.77. The molecule has 5 nitrogen and oxygen atoms in total. The summed E-state index contributed by atoms with van der Waals surface area (Å²) in [4.78, 5) is 11.2. The van der Waals surface area contributed by atoms with Gasteiger partial charge in [-0.2, -0.15) is 16.1 Å². The Hall–Kier alpha value is -1.05. The van der Waals surface area contributed by atoms with Gasteiger partial charge in [0.2, 0.25) is 10.0 Å². The van der Waals surface area contributed by atoms with Crippen LogP contribution in [-0.4, -0.2) is 53.6 Å². The molecular formula is C14H19NO4S2. The van der Waals surface area contributed by atoms with Crippen molar-refractivity contribution < 1.29 is 18.3 Å². The Morgan fingerprint density at radius 1 is 1.43 bits per heavy atom. The van der Waals surface area contributed by atoms with E-state index in [-0.39, 0.29) is 18.2 Å². The second-order valence-electron chi connectivity index (χ2n) is 5.13. The molecule has 1 aliphatic heterocycles. The number of carboxylic acid groups (broad SMARTS) is 1. The Bertz CT molecular complexity index is 588. The number of thioether (sulfide) groups is 1. The van der Waals surface area contributed by atoms with E-state index in [4.69, 9.17) is 0 Å². The maximum atomic E-state index is 12.5. The summed E-state index contributed by atoms with van der Waals surface area (Å²) >= 11 is 1.48. The van der Waals surface area contributed by atoms with Crippen LogP contribution in [0.1, 0.15) is 18.4 Å². The number of carbonyl (C=O) groups is 1. The highest BCUT2D eigenvalue weighted by Crippen LogP contribution is 2.24. The molecule has 21 heavy (non-hydrogen) atoms. The number of hydrogen-bond acceptors (Lipinski definition) is 4. The molecule has 0 radical (unpaired) electrons. The van der Waals surface area contributed by atoms with Gasteiger partial charge in [-0.05, 0) is 11.5 Å². The largest absolute Gasteiger partial charge is 0.480 e. The van der Waals surface area contributed by atoms with E-state index in [2.05, 4.69) is 0 Å². The second-order valence-corrected chi connectivity index (χ2v) is 8.25. The molecule has 1 fully saturated rings. The van der Waals surface area contributed by atoms with Gasteiger partial charge in [0.05, 0.1) is 5.75 Å². The molecule has 2 atom stereocenters. The zero-order chi connectivity index (χ0) is 15.5. The van der Waals surface area contributed by atoms with Gasteiger partial charge >= 0.3 is 5.97 Å². The van der Waals surface area contributed by atoms with E-state index in [0.717, 1.165) is 9.87 Å². The van der Waals surface area contributed by atoms with Crippen LogP contribution in [0.15, 0.2) is 30.3 Å². The Balaban J connectivity index is 2.15. The van der Waals surface area contributed by atoms with E-state index in [1.165, 1.54) is 11.8 Å². The number of hydrogen-bond donors (Lipinski definition) is 1. The average Bonchev–Trinajstić information content (AvgIpc) is 2.47. The maximum absolute atomic E-state index is 12.5. The van der Waals surface area contributed by atoms with Crippen LogP contribution in [-0.2, 0) is 14.8 Å². The molecule has 1 heterocycles. The highest BCUT2D eigenvalue weighted by molar-refractivity contribution is 7.99. The smallest absolute Gasteiger partial charge is 0.322 e. The molecule has 2 unspecified atom stereocenters. The summed E-state index contributed by atoms with van der Waals surface area (Å²) in [6, 6.07) is 8.46. The topological polar surface area (TPSA) is 74.7 Å². The van der Waals surface area contributed by atoms with Gasteiger partial charge in [0, 0.05) is 18.1 Å². The summed E-state index contributed by atoms with van der Waals surface area (Å²) in [6.45, 7) is 2.12. The Morgan fingerprint density at radius 2 is 2.10 bits per heavy atom. The first kappa shape index (κ1) is 16.3. The highest BCUT2D eigenvalue weighted by Gasteiger charge is 2.37. The van der Waals surface area contributed by atoms with E-state index in [1.54, 1.807) is 0 Å². The van der Waals surface area contributed by atoms with Crippen LogP contribution in [0.4, 0.5) is 0 Å². The fourth-order valence-electron chi connectivity index (χ4n) is 2.41. The fraction of sp³-hybridized carbons (Fsp3) is 0.500. The third kappa shape index (κ3) is 3.99. The van der Waals surface area contributed by atoms with Crippen LogP contribution >= 0.6 is 11.8 Å². The number of nitrogens with zero attached hydrogens (tertiary/aromatic N) is 1. The lowest BCUT2D eigenvalue weighted by atomic mass is 10.0. The molecule has 0 amide bonds. The molecule has 116 valence electrons. The molecule has 1 N–H and O–H groups in total. The molecule has 2 rings (SSSR count). The van der Waals surface area contributed by atoms with E-state index < -0.39 is 22.0 Å². The fourth-order valence-corrected chi connectivity index (χ4v) is 5.59. The predicted octanol–water partition coefficient (Wildman–Crippen LogP) is 1.62. The monoisotopic (exact) mass is 329 g/mol. The summed E-state index contributed by atoms with van der Waals surface area (Å²) in [6.07, 6.45) is 0. The van der Waals surface area contributed by atoms with Crippen LogP contribution in [0, 0.1) is 0 Å². The quantitative estimate of drug-likeness (QED) is 0.888. The highest BCUT2D eigenvalue weighted by atomic mass is 32.2. The Kier molecular flexibility index (Phi) is 5.29. The van der Waals surface area contributed by atoms with Gasteiger partial charge in [0.25, 0.3) is 0 Å². The summed E-state index contributed by atoms with van der Waals surface area (Å²) in [7, 11) is -3.59. The summed E-state index contributed by atoms with van der Waals surface area (Å²) in [5.74, 6) is -0.346. The molecule has 1 saturated heterocycles. The van der Waals surface area contributed by atoms with E-state index in [1.807, 2.05) is 37.3 Å².